The SMILES string of the molecule is FC1=NNCN1Cl. The van der Waals surface area contributed by atoms with Crippen molar-refractivity contribution in [1.29, 1.82) is 0 Å². The van der Waals surface area contributed by atoms with Crippen LogP contribution in [0.3, 0.4) is 0 Å². The first-order valence-electron chi connectivity index (χ1n) is 1.70. The molecule has 0 bridgehead atoms. The Morgan fingerprint density at radius 3 is 2.86 bits per heavy atom. The Hall–Kier alpha value is -0.510. The molecule has 0 aromatic heterocycles. The van der Waals surface area contributed by atoms with Crippen LogP contribution in [0.4, 0.5) is 4.39 Å². The summed E-state index contributed by atoms with van der Waals surface area (Å²) in [6, 6.07) is 0. The van der Waals surface area contributed by atoms with E-state index in [0.717, 1.165) is 4.42 Å². The van der Waals surface area contributed by atoms with Crippen LogP contribution in [0, 0.1) is 0 Å². The van der Waals surface area contributed by atoms with Crippen LogP contribution in [0.2, 0.25) is 0 Å². The van der Waals surface area contributed by atoms with Crippen LogP contribution >= 0.6 is 11.8 Å². The van der Waals surface area contributed by atoms with Crippen molar-refractivity contribution in [2.45, 2.75) is 0 Å². The maximum Gasteiger partial charge on any atom is 0.317 e. The lowest BCUT2D eigenvalue weighted by atomic mass is 11.1. The molecule has 1 heterocycles. The molecule has 0 fully saturated rings. The molecule has 0 atom stereocenters. The first kappa shape index (κ1) is 4.64. The van der Waals surface area contributed by atoms with Crippen LogP contribution in [0.5, 0.6) is 0 Å². The normalized spacial score (nSPS) is 19.1. The summed E-state index contributed by atoms with van der Waals surface area (Å²) in [6.07, 6.45) is -0.679. The summed E-state index contributed by atoms with van der Waals surface area (Å²) in [7, 11) is 0. The van der Waals surface area contributed by atoms with Gasteiger partial charge in [-0.3, -0.25) is 5.43 Å². The number of amidine groups is 1. The molecule has 0 aromatic rings. The second-order valence-electron chi connectivity index (χ2n) is 1.06. The summed E-state index contributed by atoms with van der Waals surface area (Å²) >= 11 is 5.13. The minimum Gasteiger partial charge on any atom is -0.285 e. The number of nitrogens with zero attached hydrogens (tertiary/aromatic N) is 2. The van der Waals surface area contributed by atoms with Crippen molar-refractivity contribution in [2.75, 3.05) is 6.67 Å². The fourth-order valence-corrected chi connectivity index (χ4v) is 0.373. The number of hydrogen-bond acceptors (Lipinski definition) is 3. The summed E-state index contributed by atoms with van der Waals surface area (Å²) < 4.78 is 12.6. The Morgan fingerprint density at radius 2 is 2.71 bits per heavy atom. The zero-order chi connectivity index (χ0) is 5.28. The van der Waals surface area contributed by atoms with E-state index >= 15 is 0 Å². The van der Waals surface area contributed by atoms with E-state index in [1.54, 1.807) is 0 Å². The Kier molecular flexibility index (Phi) is 1.02. The smallest absolute Gasteiger partial charge is 0.285 e. The van der Waals surface area contributed by atoms with Crippen molar-refractivity contribution in [2.24, 2.45) is 5.10 Å². The molecule has 1 N–H and O–H groups in total. The third kappa shape index (κ3) is 0.742. The Balaban J connectivity index is 2.54. The fraction of sp³-hybridized carbons (Fsp3) is 0.500. The van der Waals surface area contributed by atoms with Crippen LogP contribution in [-0.4, -0.2) is 17.2 Å². The monoisotopic (exact) mass is 123 g/mol. The zero-order valence-electron chi connectivity index (χ0n) is 3.36. The van der Waals surface area contributed by atoms with E-state index in [1.165, 1.54) is 0 Å². The molecule has 40 valence electrons. The second-order valence-corrected chi connectivity index (χ2v) is 1.47. The molecule has 5 heteroatoms. The van der Waals surface area contributed by atoms with Gasteiger partial charge >= 0.3 is 6.09 Å². The third-order valence-corrected chi connectivity index (χ3v) is 0.840. The van der Waals surface area contributed by atoms with Gasteiger partial charge in [0.2, 0.25) is 0 Å². The Labute approximate surface area is 44.9 Å². The highest BCUT2D eigenvalue weighted by molar-refractivity contribution is 6.21. The van der Waals surface area contributed by atoms with Crippen LogP contribution in [0.1, 0.15) is 0 Å². The number of nitrogens with one attached hydrogen (secondary N) is 1. The van der Waals surface area contributed by atoms with E-state index in [0.29, 0.717) is 0 Å². The zero-order valence-corrected chi connectivity index (χ0v) is 4.11. The first-order valence-corrected chi connectivity index (χ1v) is 2.04. The molecule has 0 aromatic carbocycles. The molecular weight excluding hydrogens is 120 g/mol. The summed E-state index contributed by atoms with van der Waals surface area (Å²) in [5.41, 5.74) is 2.33. The van der Waals surface area contributed by atoms with Gasteiger partial charge in [-0.05, 0) is 0 Å². The van der Waals surface area contributed by atoms with E-state index in [2.05, 4.69) is 10.5 Å². The highest BCUT2D eigenvalue weighted by atomic mass is 35.5. The minimum atomic E-state index is -0.679. The number of rotatable bonds is 0. The number of halogens is 2. The second kappa shape index (κ2) is 1.54. The summed E-state index contributed by atoms with van der Waals surface area (Å²) in [5.74, 6) is 0. The molecule has 7 heavy (non-hydrogen) atoms. The fourth-order valence-electron chi connectivity index (χ4n) is 0.282. The highest BCUT2D eigenvalue weighted by Crippen LogP contribution is 2.00. The van der Waals surface area contributed by atoms with Gasteiger partial charge in [0.25, 0.3) is 0 Å². The Morgan fingerprint density at radius 1 is 2.00 bits per heavy atom. The lowest BCUT2D eigenvalue weighted by Crippen LogP contribution is -2.15. The topological polar surface area (TPSA) is 27.6 Å². The van der Waals surface area contributed by atoms with Crippen molar-refractivity contribution in [3.63, 3.8) is 0 Å². The lowest BCUT2D eigenvalue weighted by molar-refractivity contribution is 0.583. The molecule has 0 amide bonds. The molecule has 3 nitrogen and oxygen atoms in total. The minimum absolute atomic E-state index is 0.243. The lowest BCUT2D eigenvalue weighted by Gasteiger charge is -1.97. The standard InChI is InChI=1S/C2H3ClFN3/c3-7-1-5-6-2(7)4/h5H,1H2. The maximum absolute atomic E-state index is 11.8. The van der Waals surface area contributed by atoms with Crippen molar-refractivity contribution in [3.05, 3.63) is 0 Å². The average Bonchev–Trinajstić information content (AvgIpc) is 1.91. The number of hydrazone groups is 1. The quantitative estimate of drug-likeness (QED) is 0.369. The molecule has 1 aliphatic rings. The van der Waals surface area contributed by atoms with Gasteiger partial charge in [0.15, 0.2) is 0 Å². The molecule has 1 aliphatic heterocycles. The van der Waals surface area contributed by atoms with Crippen molar-refractivity contribution >= 4 is 17.9 Å². The summed E-state index contributed by atoms with van der Waals surface area (Å²) in [6.45, 7) is 0.243. The maximum atomic E-state index is 11.8. The van der Waals surface area contributed by atoms with Crippen molar-refractivity contribution in [1.82, 2.24) is 9.84 Å². The van der Waals surface area contributed by atoms with Crippen LogP contribution in [-0.2, 0) is 0 Å². The molecule has 0 saturated heterocycles. The van der Waals surface area contributed by atoms with Crippen molar-refractivity contribution in [3.8, 4) is 0 Å². The molecule has 1 rings (SSSR count). The summed E-state index contributed by atoms with van der Waals surface area (Å²) in [5, 5.41) is 3.11. The molecule has 0 spiro atoms. The molecule has 0 unspecified atom stereocenters. The van der Waals surface area contributed by atoms with Crippen LogP contribution in [0.15, 0.2) is 5.10 Å². The predicted molar refractivity (Wildman–Crippen MR) is 24.2 cm³/mol. The van der Waals surface area contributed by atoms with Gasteiger partial charge < -0.3 is 0 Å². The van der Waals surface area contributed by atoms with Gasteiger partial charge in [0.1, 0.15) is 6.67 Å². The highest BCUT2D eigenvalue weighted by Gasteiger charge is 2.11. The average molecular weight is 124 g/mol. The van der Waals surface area contributed by atoms with Gasteiger partial charge in [0, 0.05) is 11.8 Å². The van der Waals surface area contributed by atoms with Gasteiger partial charge in [-0.2, -0.15) is 4.39 Å². The Bertz CT molecular complexity index is 103. The first-order chi connectivity index (χ1) is 3.30. The molecule has 0 saturated carbocycles. The van der Waals surface area contributed by atoms with Crippen molar-refractivity contribution < 1.29 is 4.39 Å². The van der Waals surface area contributed by atoms with E-state index in [-0.39, 0.29) is 6.67 Å². The van der Waals surface area contributed by atoms with E-state index in [1.807, 2.05) is 0 Å². The summed E-state index contributed by atoms with van der Waals surface area (Å²) in [4.78, 5) is 0. The molecular formula is C2H3ClFN3. The van der Waals surface area contributed by atoms with E-state index in [4.69, 9.17) is 11.8 Å². The molecule has 0 aliphatic carbocycles. The number of hydrogen-bond donors (Lipinski definition) is 1. The van der Waals surface area contributed by atoms with E-state index < -0.39 is 6.09 Å². The molecule has 0 radical (unpaired) electrons. The van der Waals surface area contributed by atoms with Gasteiger partial charge in [-0.15, -0.1) is 5.10 Å². The van der Waals surface area contributed by atoms with Gasteiger partial charge in [-0.1, -0.05) is 0 Å². The third-order valence-electron chi connectivity index (χ3n) is 0.581. The van der Waals surface area contributed by atoms with Gasteiger partial charge in [0.05, 0.1) is 0 Å². The van der Waals surface area contributed by atoms with E-state index in [9.17, 15) is 4.39 Å². The van der Waals surface area contributed by atoms with Crippen LogP contribution in [0.25, 0.3) is 0 Å². The predicted octanol–water partition coefficient (Wildman–Crippen LogP) is 0.243. The largest absolute Gasteiger partial charge is 0.317 e. The van der Waals surface area contributed by atoms with Crippen LogP contribution < -0.4 is 5.43 Å². The van der Waals surface area contributed by atoms with Gasteiger partial charge in [-0.25, -0.2) is 4.42 Å².